The van der Waals surface area contributed by atoms with Crippen molar-refractivity contribution in [2.24, 2.45) is 5.92 Å². The Morgan fingerprint density at radius 3 is 2.68 bits per heavy atom. The van der Waals surface area contributed by atoms with Gasteiger partial charge in [-0.2, -0.15) is 0 Å². The van der Waals surface area contributed by atoms with E-state index in [4.69, 9.17) is 4.74 Å². The zero-order valence-corrected chi connectivity index (χ0v) is 13.3. The van der Waals surface area contributed by atoms with Crippen molar-refractivity contribution in [1.82, 2.24) is 5.32 Å². The van der Waals surface area contributed by atoms with E-state index in [1.54, 1.807) is 0 Å². The highest BCUT2D eigenvalue weighted by Crippen LogP contribution is 2.23. The average Bonchev–Trinajstić information content (AvgIpc) is 2.42. The van der Waals surface area contributed by atoms with Gasteiger partial charge in [0, 0.05) is 17.1 Å². The molecule has 2 nitrogen and oxygen atoms in total. The standard InChI is InChI=1S/C16H24BrNO/c1-13-4-2-3-5-16(13)18-10-11-19-12-14-6-8-15(17)9-7-14/h6-9,13,16,18H,2-5,10-12H2,1H3. The third kappa shape index (κ3) is 5.25. The number of halogens is 1. The first-order valence-corrected chi connectivity index (χ1v) is 8.10. The van der Waals surface area contributed by atoms with Crippen molar-refractivity contribution in [3.63, 3.8) is 0 Å². The van der Waals surface area contributed by atoms with Crippen LogP contribution in [0.2, 0.25) is 0 Å². The average molecular weight is 326 g/mol. The molecule has 1 saturated carbocycles. The predicted molar refractivity (Wildman–Crippen MR) is 83.2 cm³/mol. The van der Waals surface area contributed by atoms with Gasteiger partial charge in [0.05, 0.1) is 13.2 Å². The van der Waals surface area contributed by atoms with Crippen molar-refractivity contribution >= 4 is 15.9 Å². The summed E-state index contributed by atoms with van der Waals surface area (Å²) in [7, 11) is 0. The predicted octanol–water partition coefficient (Wildman–Crippen LogP) is 4.13. The van der Waals surface area contributed by atoms with E-state index in [1.165, 1.54) is 31.2 Å². The molecule has 1 N–H and O–H groups in total. The Hall–Kier alpha value is -0.380. The minimum atomic E-state index is 0.699. The van der Waals surface area contributed by atoms with Crippen LogP contribution in [0.3, 0.4) is 0 Å². The normalized spacial score (nSPS) is 23.5. The molecule has 0 aliphatic heterocycles. The highest BCUT2D eigenvalue weighted by atomic mass is 79.9. The van der Waals surface area contributed by atoms with Crippen LogP contribution in [0.15, 0.2) is 28.7 Å². The largest absolute Gasteiger partial charge is 0.375 e. The SMILES string of the molecule is CC1CCCCC1NCCOCc1ccc(Br)cc1. The van der Waals surface area contributed by atoms with Gasteiger partial charge in [0.15, 0.2) is 0 Å². The second-order valence-corrected chi connectivity index (χ2v) is 6.42. The number of rotatable bonds is 6. The number of nitrogens with one attached hydrogen (secondary N) is 1. The molecule has 0 heterocycles. The third-order valence-electron chi connectivity index (χ3n) is 3.95. The topological polar surface area (TPSA) is 21.3 Å². The lowest BCUT2D eigenvalue weighted by molar-refractivity contribution is 0.116. The van der Waals surface area contributed by atoms with E-state index in [-0.39, 0.29) is 0 Å². The number of hydrogen-bond donors (Lipinski definition) is 1. The van der Waals surface area contributed by atoms with E-state index in [0.717, 1.165) is 23.5 Å². The fraction of sp³-hybridized carbons (Fsp3) is 0.625. The Bertz CT molecular complexity index is 366. The molecule has 0 aromatic heterocycles. The molecule has 1 aliphatic rings. The molecule has 3 heteroatoms. The molecule has 0 saturated heterocycles. The Kier molecular flexibility index (Phi) is 6.35. The van der Waals surface area contributed by atoms with E-state index in [9.17, 15) is 0 Å². The number of ether oxygens (including phenoxy) is 1. The summed E-state index contributed by atoms with van der Waals surface area (Å²) >= 11 is 3.44. The summed E-state index contributed by atoms with van der Waals surface area (Å²) in [6.45, 7) is 4.82. The lowest BCUT2D eigenvalue weighted by Gasteiger charge is -2.29. The molecule has 1 aromatic carbocycles. The Morgan fingerprint density at radius 1 is 1.21 bits per heavy atom. The van der Waals surface area contributed by atoms with E-state index in [2.05, 4.69) is 52.4 Å². The minimum Gasteiger partial charge on any atom is -0.375 e. The Labute approximate surface area is 125 Å². The fourth-order valence-corrected chi connectivity index (χ4v) is 2.97. The van der Waals surface area contributed by atoms with Gasteiger partial charge in [-0.3, -0.25) is 0 Å². The molecule has 2 rings (SSSR count). The molecular formula is C16H24BrNO. The van der Waals surface area contributed by atoms with Gasteiger partial charge in [0.25, 0.3) is 0 Å². The van der Waals surface area contributed by atoms with Gasteiger partial charge in [0.2, 0.25) is 0 Å². The van der Waals surface area contributed by atoms with Crippen molar-refractivity contribution < 1.29 is 4.74 Å². The molecule has 1 aromatic rings. The summed E-state index contributed by atoms with van der Waals surface area (Å²) in [6.07, 6.45) is 5.48. The molecule has 0 amide bonds. The van der Waals surface area contributed by atoms with Crippen molar-refractivity contribution in [2.75, 3.05) is 13.2 Å². The smallest absolute Gasteiger partial charge is 0.0717 e. The van der Waals surface area contributed by atoms with Crippen LogP contribution in [-0.2, 0) is 11.3 Å². The van der Waals surface area contributed by atoms with Gasteiger partial charge >= 0.3 is 0 Å². The number of hydrogen-bond acceptors (Lipinski definition) is 2. The first-order chi connectivity index (χ1) is 9.25. The van der Waals surface area contributed by atoms with Crippen LogP contribution >= 0.6 is 15.9 Å². The van der Waals surface area contributed by atoms with Crippen LogP contribution in [0.25, 0.3) is 0 Å². The maximum absolute atomic E-state index is 5.71. The molecule has 1 fully saturated rings. The van der Waals surface area contributed by atoms with Crippen molar-refractivity contribution in [1.29, 1.82) is 0 Å². The molecule has 0 bridgehead atoms. The number of benzene rings is 1. The Morgan fingerprint density at radius 2 is 1.95 bits per heavy atom. The molecule has 19 heavy (non-hydrogen) atoms. The zero-order chi connectivity index (χ0) is 13.5. The van der Waals surface area contributed by atoms with E-state index >= 15 is 0 Å². The molecule has 2 unspecified atom stereocenters. The summed E-state index contributed by atoms with van der Waals surface area (Å²) in [5, 5.41) is 3.63. The molecule has 0 spiro atoms. The van der Waals surface area contributed by atoms with Gasteiger partial charge < -0.3 is 10.1 Å². The molecule has 2 atom stereocenters. The van der Waals surface area contributed by atoms with Gasteiger partial charge in [-0.05, 0) is 36.5 Å². The summed E-state index contributed by atoms with van der Waals surface area (Å²) in [5.41, 5.74) is 1.23. The van der Waals surface area contributed by atoms with E-state index in [1.807, 2.05) is 0 Å². The van der Waals surface area contributed by atoms with Crippen LogP contribution < -0.4 is 5.32 Å². The van der Waals surface area contributed by atoms with E-state index in [0.29, 0.717) is 12.6 Å². The summed E-state index contributed by atoms with van der Waals surface area (Å²) < 4.78 is 6.82. The second kappa shape index (κ2) is 8.03. The fourth-order valence-electron chi connectivity index (χ4n) is 2.71. The molecule has 106 valence electrons. The zero-order valence-electron chi connectivity index (χ0n) is 11.7. The summed E-state index contributed by atoms with van der Waals surface area (Å²) in [5.74, 6) is 0.820. The monoisotopic (exact) mass is 325 g/mol. The molecular weight excluding hydrogens is 302 g/mol. The van der Waals surface area contributed by atoms with Crippen LogP contribution in [0, 0.1) is 5.92 Å². The van der Waals surface area contributed by atoms with Crippen LogP contribution in [0.5, 0.6) is 0 Å². The lowest BCUT2D eigenvalue weighted by atomic mass is 9.86. The van der Waals surface area contributed by atoms with Gasteiger partial charge in [-0.25, -0.2) is 0 Å². The first kappa shape index (κ1) is 15.0. The van der Waals surface area contributed by atoms with Crippen molar-refractivity contribution in [3.8, 4) is 0 Å². The van der Waals surface area contributed by atoms with Crippen molar-refractivity contribution in [3.05, 3.63) is 34.3 Å². The van der Waals surface area contributed by atoms with Crippen LogP contribution in [-0.4, -0.2) is 19.2 Å². The van der Waals surface area contributed by atoms with Crippen molar-refractivity contribution in [2.45, 2.75) is 45.3 Å². The van der Waals surface area contributed by atoms with Crippen LogP contribution in [0.1, 0.15) is 38.2 Å². The summed E-state index contributed by atoms with van der Waals surface area (Å²) in [4.78, 5) is 0. The highest BCUT2D eigenvalue weighted by Gasteiger charge is 2.19. The maximum Gasteiger partial charge on any atom is 0.0717 e. The quantitative estimate of drug-likeness (QED) is 0.794. The maximum atomic E-state index is 5.71. The third-order valence-corrected chi connectivity index (χ3v) is 4.48. The minimum absolute atomic E-state index is 0.699. The van der Waals surface area contributed by atoms with E-state index < -0.39 is 0 Å². The molecule has 1 aliphatic carbocycles. The highest BCUT2D eigenvalue weighted by molar-refractivity contribution is 9.10. The Balaban J connectivity index is 1.58. The lowest BCUT2D eigenvalue weighted by Crippen LogP contribution is -2.38. The summed E-state index contributed by atoms with van der Waals surface area (Å²) in [6, 6.07) is 9.01. The van der Waals surface area contributed by atoms with Gasteiger partial charge in [-0.1, -0.05) is 47.8 Å². The van der Waals surface area contributed by atoms with Gasteiger partial charge in [0.1, 0.15) is 0 Å². The van der Waals surface area contributed by atoms with Crippen LogP contribution in [0.4, 0.5) is 0 Å². The van der Waals surface area contributed by atoms with Gasteiger partial charge in [-0.15, -0.1) is 0 Å². The second-order valence-electron chi connectivity index (χ2n) is 5.50. The molecule has 0 radical (unpaired) electrons. The first-order valence-electron chi connectivity index (χ1n) is 7.31.